The van der Waals surface area contributed by atoms with Crippen LogP contribution in [0.2, 0.25) is 0 Å². The zero-order valence-electron chi connectivity index (χ0n) is 16.9. The number of hydrogen-bond donors (Lipinski definition) is 1. The summed E-state index contributed by atoms with van der Waals surface area (Å²) in [5.41, 5.74) is 0.427. The molecule has 0 radical (unpaired) electrons. The maximum atomic E-state index is 13.1. The molecule has 1 fully saturated rings. The molecular formula is C18H15F4N5O5S2. The van der Waals surface area contributed by atoms with Crippen molar-refractivity contribution >= 4 is 42.8 Å². The van der Waals surface area contributed by atoms with Gasteiger partial charge in [0, 0.05) is 25.8 Å². The van der Waals surface area contributed by atoms with Gasteiger partial charge in [0.05, 0.1) is 9.60 Å². The number of ether oxygens (including phenoxy) is 1. The van der Waals surface area contributed by atoms with Gasteiger partial charge in [0.15, 0.2) is 10.8 Å². The second-order valence-electron chi connectivity index (χ2n) is 7.06. The number of sulfonamides is 1. The van der Waals surface area contributed by atoms with Crippen LogP contribution in [0.15, 0.2) is 41.7 Å². The van der Waals surface area contributed by atoms with Crippen molar-refractivity contribution in [2.24, 2.45) is 0 Å². The standard InChI is InChI=1S/C18H15F4N5O5S2/c19-16(20)18(21,22)32-10-1-3-11(4-2-10)34(30,31)27-6-5-26(8-12(27)15(28)29)17-25-14-13(33-17)7-23-9-24-14/h1-4,7,9,12,16H,5-6,8H2,(H,28,29)/t12-/m1/s1. The molecule has 1 aromatic carbocycles. The fourth-order valence-corrected chi connectivity index (χ4v) is 5.75. The van der Waals surface area contributed by atoms with E-state index in [4.69, 9.17) is 0 Å². The summed E-state index contributed by atoms with van der Waals surface area (Å²) in [5.74, 6) is -2.08. The van der Waals surface area contributed by atoms with E-state index < -0.39 is 45.2 Å². The third-order valence-electron chi connectivity index (χ3n) is 4.89. The number of hydrogen-bond acceptors (Lipinski definition) is 9. The zero-order valence-corrected chi connectivity index (χ0v) is 18.5. The molecule has 34 heavy (non-hydrogen) atoms. The SMILES string of the molecule is O=C(O)[C@H]1CN(c2nc3ncncc3s2)CCN1S(=O)(=O)c1ccc(OC(F)(F)C(F)F)cc1. The number of alkyl halides is 4. The van der Waals surface area contributed by atoms with E-state index >= 15 is 0 Å². The van der Waals surface area contributed by atoms with E-state index in [1.165, 1.54) is 17.7 Å². The number of benzene rings is 1. The minimum Gasteiger partial charge on any atom is -0.480 e. The van der Waals surface area contributed by atoms with Crippen LogP contribution in [-0.2, 0) is 14.8 Å². The number of carboxylic acids is 1. The van der Waals surface area contributed by atoms with E-state index in [0.717, 1.165) is 28.6 Å². The number of carbonyl (C=O) groups is 1. The van der Waals surface area contributed by atoms with Crippen LogP contribution >= 0.6 is 11.3 Å². The van der Waals surface area contributed by atoms with Crippen LogP contribution in [0.5, 0.6) is 5.75 Å². The lowest BCUT2D eigenvalue weighted by Gasteiger charge is -2.38. The first kappa shape index (κ1) is 24.0. The lowest BCUT2D eigenvalue weighted by molar-refractivity contribution is -0.253. The van der Waals surface area contributed by atoms with Gasteiger partial charge in [0.25, 0.3) is 0 Å². The summed E-state index contributed by atoms with van der Waals surface area (Å²) in [4.78, 5) is 25.4. The molecule has 3 heterocycles. The zero-order chi connectivity index (χ0) is 24.7. The number of nitrogens with zero attached hydrogens (tertiary/aromatic N) is 5. The molecule has 1 aliphatic heterocycles. The molecule has 10 nitrogen and oxygen atoms in total. The Kier molecular flexibility index (Phi) is 6.30. The molecule has 0 saturated carbocycles. The highest BCUT2D eigenvalue weighted by atomic mass is 32.2. The first-order valence-corrected chi connectivity index (χ1v) is 11.8. The van der Waals surface area contributed by atoms with Crippen LogP contribution in [0.4, 0.5) is 22.7 Å². The number of thiazole rings is 1. The lowest BCUT2D eigenvalue weighted by Crippen LogP contribution is -2.58. The molecular weight excluding hydrogens is 506 g/mol. The maximum Gasteiger partial charge on any atom is 0.461 e. The number of carboxylic acid groups (broad SMARTS) is 1. The molecule has 4 rings (SSSR count). The molecule has 1 atom stereocenters. The number of rotatable bonds is 7. The quantitative estimate of drug-likeness (QED) is 0.466. The molecule has 0 aliphatic carbocycles. The first-order chi connectivity index (χ1) is 16.0. The summed E-state index contributed by atoms with van der Waals surface area (Å²) in [5, 5.41) is 10.2. The van der Waals surface area contributed by atoms with Crippen molar-refractivity contribution in [1.82, 2.24) is 19.3 Å². The summed E-state index contributed by atoms with van der Waals surface area (Å²) in [7, 11) is -4.37. The van der Waals surface area contributed by atoms with Crippen molar-refractivity contribution in [3.05, 3.63) is 36.8 Å². The lowest BCUT2D eigenvalue weighted by atomic mass is 10.2. The molecule has 182 valence electrons. The number of halogens is 4. The van der Waals surface area contributed by atoms with Gasteiger partial charge in [-0.25, -0.2) is 18.4 Å². The predicted octanol–water partition coefficient (Wildman–Crippen LogP) is 2.29. The average molecular weight is 521 g/mol. The Bertz CT molecular complexity index is 1270. The highest BCUT2D eigenvalue weighted by Gasteiger charge is 2.44. The maximum absolute atomic E-state index is 13.1. The Labute approximate surface area is 193 Å². The van der Waals surface area contributed by atoms with Gasteiger partial charge in [0.2, 0.25) is 10.0 Å². The van der Waals surface area contributed by atoms with Gasteiger partial charge in [0.1, 0.15) is 18.1 Å². The second-order valence-corrected chi connectivity index (χ2v) is 9.96. The predicted molar refractivity (Wildman–Crippen MR) is 111 cm³/mol. The van der Waals surface area contributed by atoms with E-state index in [1.807, 2.05) is 0 Å². The fraction of sp³-hybridized carbons (Fsp3) is 0.333. The van der Waals surface area contributed by atoms with E-state index in [9.17, 15) is 35.9 Å². The van der Waals surface area contributed by atoms with Crippen molar-refractivity contribution in [2.45, 2.75) is 23.5 Å². The van der Waals surface area contributed by atoms with Crippen molar-refractivity contribution in [2.75, 3.05) is 24.5 Å². The number of piperazine rings is 1. The highest BCUT2D eigenvalue weighted by molar-refractivity contribution is 7.89. The summed E-state index contributed by atoms with van der Waals surface area (Å²) in [6.07, 6.45) is -5.95. The highest BCUT2D eigenvalue weighted by Crippen LogP contribution is 2.32. The van der Waals surface area contributed by atoms with Crippen LogP contribution in [0, 0.1) is 0 Å². The van der Waals surface area contributed by atoms with Gasteiger partial charge < -0.3 is 14.7 Å². The molecule has 1 aliphatic rings. The van der Waals surface area contributed by atoms with Crippen molar-refractivity contribution in [3.63, 3.8) is 0 Å². The monoisotopic (exact) mass is 521 g/mol. The Morgan fingerprint density at radius 2 is 1.94 bits per heavy atom. The summed E-state index contributed by atoms with van der Waals surface area (Å²) < 4.78 is 82.3. The minimum absolute atomic E-state index is 0.123. The molecule has 3 aromatic rings. The summed E-state index contributed by atoms with van der Waals surface area (Å²) in [6, 6.07) is 1.86. The molecule has 0 spiro atoms. The minimum atomic E-state index is -4.75. The van der Waals surface area contributed by atoms with Gasteiger partial charge in [-0.05, 0) is 24.3 Å². The van der Waals surface area contributed by atoms with E-state index in [2.05, 4.69) is 19.7 Å². The fourth-order valence-electron chi connectivity index (χ4n) is 3.26. The molecule has 16 heteroatoms. The summed E-state index contributed by atoms with van der Waals surface area (Å²) in [6.45, 7) is -0.287. The van der Waals surface area contributed by atoms with Crippen molar-refractivity contribution in [1.29, 1.82) is 0 Å². The largest absolute Gasteiger partial charge is 0.480 e. The smallest absolute Gasteiger partial charge is 0.461 e. The number of fused-ring (bicyclic) bond motifs is 1. The number of anilines is 1. The third-order valence-corrected chi connectivity index (χ3v) is 7.85. The van der Waals surface area contributed by atoms with Gasteiger partial charge in [-0.1, -0.05) is 11.3 Å². The molecule has 0 bridgehead atoms. The van der Waals surface area contributed by atoms with Crippen LogP contribution in [0.3, 0.4) is 0 Å². The third kappa shape index (κ3) is 4.60. The van der Waals surface area contributed by atoms with Crippen LogP contribution in [-0.4, -0.2) is 77.0 Å². The summed E-state index contributed by atoms with van der Waals surface area (Å²) >= 11 is 1.23. The molecule has 1 N–H and O–H groups in total. The van der Waals surface area contributed by atoms with Crippen molar-refractivity contribution in [3.8, 4) is 5.75 Å². The molecule has 0 unspecified atom stereocenters. The van der Waals surface area contributed by atoms with Gasteiger partial charge in [-0.2, -0.15) is 26.9 Å². The van der Waals surface area contributed by atoms with Gasteiger partial charge in [-0.15, -0.1) is 0 Å². The normalized spacial score (nSPS) is 17.9. The Morgan fingerprint density at radius 1 is 1.24 bits per heavy atom. The molecule has 2 aromatic heterocycles. The topological polar surface area (TPSA) is 126 Å². The van der Waals surface area contributed by atoms with Gasteiger partial charge >= 0.3 is 18.5 Å². The van der Waals surface area contributed by atoms with Gasteiger partial charge in [-0.3, -0.25) is 4.79 Å². The second kappa shape index (κ2) is 8.92. The van der Waals surface area contributed by atoms with Crippen LogP contribution in [0.1, 0.15) is 0 Å². The van der Waals surface area contributed by atoms with Crippen molar-refractivity contribution < 1.29 is 40.6 Å². The molecule has 1 saturated heterocycles. The van der Waals surface area contributed by atoms with Crippen LogP contribution < -0.4 is 9.64 Å². The Morgan fingerprint density at radius 3 is 2.56 bits per heavy atom. The number of aromatic nitrogens is 3. The number of aliphatic carboxylic acids is 1. The van der Waals surface area contributed by atoms with E-state index in [-0.39, 0.29) is 19.6 Å². The van der Waals surface area contributed by atoms with E-state index in [1.54, 1.807) is 11.1 Å². The molecule has 0 amide bonds. The Hall–Kier alpha value is -3.11. The average Bonchev–Trinajstić information content (AvgIpc) is 3.23. The first-order valence-electron chi connectivity index (χ1n) is 9.50. The Balaban J connectivity index is 1.55. The van der Waals surface area contributed by atoms with E-state index in [0.29, 0.717) is 15.5 Å². The van der Waals surface area contributed by atoms with Crippen LogP contribution in [0.25, 0.3) is 10.3 Å².